The van der Waals surface area contributed by atoms with Crippen molar-refractivity contribution >= 4 is 22.9 Å². The number of benzene rings is 1. The summed E-state index contributed by atoms with van der Waals surface area (Å²) in [6, 6.07) is 9.87. The van der Waals surface area contributed by atoms with Gasteiger partial charge >= 0.3 is 0 Å². The second kappa shape index (κ2) is 5.62. The Morgan fingerprint density at radius 1 is 1.40 bits per heavy atom. The van der Waals surface area contributed by atoms with Crippen LogP contribution in [0.5, 0.6) is 0 Å². The summed E-state index contributed by atoms with van der Waals surface area (Å²) in [7, 11) is 1.94. The maximum atomic E-state index is 11.9. The molecule has 2 aromatic rings. The fraction of sp³-hybridized carbons (Fsp3) is 0.250. The normalized spacial score (nSPS) is 11.7. The number of nitriles is 1. The summed E-state index contributed by atoms with van der Waals surface area (Å²) in [6.45, 7) is 3.73. The quantitative estimate of drug-likeness (QED) is 0.686. The SMILES string of the molecule is CC(C)NC(=O)C(C#N)=Cc1cn(C)c2ccccc12. The van der Waals surface area contributed by atoms with Crippen LogP contribution in [0.2, 0.25) is 0 Å². The first kappa shape index (κ1) is 13.9. The number of aromatic nitrogens is 1. The molecule has 1 heterocycles. The zero-order valence-corrected chi connectivity index (χ0v) is 11.8. The van der Waals surface area contributed by atoms with E-state index in [9.17, 15) is 4.79 Å². The van der Waals surface area contributed by atoms with E-state index in [1.54, 1.807) is 6.08 Å². The van der Waals surface area contributed by atoms with Crippen LogP contribution in [-0.2, 0) is 11.8 Å². The van der Waals surface area contributed by atoms with Gasteiger partial charge in [-0.2, -0.15) is 5.26 Å². The average Bonchev–Trinajstić information content (AvgIpc) is 2.72. The van der Waals surface area contributed by atoms with Gasteiger partial charge in [0.25, 0.3) is 5.91 Å². The molecular formula is C16H17N3O. The molecule has 0 unspecified atom stereocenters. The molecule has 4 heteroatoms. The second-order valence-electron chi connectivity index (χ2n) is 5.01. The van der Waals surface area contributed by atoms with E-state index >= 15 is 0 Å². The van der Waals surface area contributed by atoms with Crippen LogP contribution in [0, 0.1) is 11.3 Å². The summed E-state index contributed by atoms with van der Waals surface area (Å²) < 4.78 is 1.98. The second-order valence-corrected chi connectivity index (χ2v) is 5.01. The number of nitrogens with one attached hydrogen (secondary N) is 1. The third-order valence-corrected chi connectivity index (χ3v) is 3.01. The minimum Gasteiger partial charge on any atom is -0.350 e. The molecule has 0 atom stereocenters. The smallest absolute Gasteiger partial charge is 0.262 e. The predicted molar refractivity (Wildman–Crippen MR) is 79.8 cm³/mol. The fourth-order valence-corrected chi connectivity index (χ4v) is 2.13. The lowest BCUT2D eigenvalue weighted by Gasteiger charge is -2.06. The molecule has 0 bridgehead atoms. The number of carbonyl (C=O) groups is 1. The van der Waals surface area contributed by atoms with Crippen molar-refractivity contribution in [3.63, 3.8) is 0 Å². The third-order valence-electron chi connectivity index (χ3n) is 3.01. The largest absolute Gasteiger partial charge is 0.350 e. The van der Waals surface area contributed by atoms with E-state index in [1.165, 1.54) is 0 Å². The first-order valence-electron chi connectivity index (χ1n) is 6.49. The van der Waals surface area contributed by atoms with Gasteiger partial charge in [0.2, 0.25) is 0 Å². The molecule has 20 heavy (non-hydrogen) atoms. The van der Waals surface area contributed by atoms with Gasteiger partial charge in [-0.05, 0) is 26.0 Å². The van der Waals surface area contributed by atoms with E-state index in [0.717, 1.165) is 16.5 Å². The molecule has 1 aromatic heterocycles. The number of fused-ring (bicyclic) bond motifs is 1. The predicted octanol–water partition coefficient (Wildman–Crippen LogP) is 2.61. The molecule has 4 nitrogen and oxygen atoms in total. The molecule has 0 saturated heterocycles. The van der Waals surface area contributed by atoms with E-state index in [0.29, 0.717) is 0 Å². The molecule has 1 aromatic carbocycles. The average molecular weight is 267 g/mol. The van der Waals surface area contributed by atoms with Crippen molar-refractivity contribution in [1.29, 1.82) is 5.26 Å². The molecule has 0 aliphatic carbocycles. The molecule has 0 radical (unpaired) electrons. The van der Waals surface area contributed by atoms with Gasteiger partial charge in [0.05, 0.1) is 0 Å². The highest BCUT2D eigenvalue weighted by atomic mass is 16.1. The number of carbonyl (C=O) groups excluding carboxylic acids is 1. The third kappa shape index (κ3) is 2.72. The van der Waals surface area contributed by atoms with Gasteiger partial charge in [-0.1, -0.05) is 18.2 Å². The Morgan fingerprint density at radius 2 is 2.10 bits per heavy atom. The van der Waals surface area contributed by atoms with Crippen LogP contribution in [0.25, 0.3) is 17.0 Å². The topological polar surface area (TPSA) is 57.8 Å². The van der Waals surface area contributed by atoms with Crippen molar-refractivity contribution in [3.05, 3.63) is 41.6 Å². The Labute approximate surface area is 118 Å². The summed E-state index contributed by atoms with van der Waals surface area (Å²) in [5, 5.41) is 12.9. The molecule has 1 N–H and O–H groups in total. The van der Waals surface area contributed by atoms with E-state index in [4.69, 9.17) is 5.26 Å². The standard InChI is InChI=1S/C16H17N3O/c1-11(2)18-16(20)12(9-17)8-13-10-19(3)15-7-5-4-6-14(13)15/h4-8,10-11H,1-3H3,(H,18,20). The van der Waals surface area contributed by atoms with E-state index < -0.39 is 0 Å². The Morgan fingerprint density at radius 3 is 2.75 bits per heavy atom. The molecule has 0 saturated carbocycles. The molecule has 1 amide bonds. The van der Waals surface area contributed by atoms with Crippen LogP contribution in [0.4, 0.5) is 0 Å². The molecule has 0 aliphatic rings. The van der Waals surface area contributed by atoms with Gasteiger partial charge in [-0.25, -0.2) is 0 Å². The van der Waals surface area contributed by atoms with Gasteiger partial charge in [0.1, 0.15) is 11.6 Å². The van der Waals surface area contributed by atoms with E-state index in [-0.39, 0.29) is 17.5 Å². The highest BCUT2D eigenvalue weighted by Crippen LogP contribution is 2.22. The van der Waals surface area contributed by atoms with Crippen molar-refractivity contribution in [3.8, 4) is 6.07 Å². The number of para-hydroxylation sites is 1. The summed E-state index contributed by atoms with van der Waals surface area (Å²) in [5.74, 6) is -0.338. The van der Waals surface area contributed by atoms with Gasteiger partial charge in [0.15, 0.2) is 0 Å². The van der Waals surface area contributed by atoms with Crippen molar-refractivity contribution in [2.75, 3.05) is 0 Å². The summed E-state index contributed by atoms with van der Waals surface area (Å²) in [6.07, 6.45) is 3.56. The first-order valence-corrected chi connectivity index (χ1v) is 6.49. The zero-order valence-electron chi connectivity index (χ0n) is 11.8. The van der Waals surface area contributed by atoms with E-state index in [2.05, 4.69) is 5.32 Å². The van der Waals surface area contributed by atoms with Crippen LogP contribution in [0.3, 0.4) is 0 Å². The Balaban J connectivity index is 2.46. The molecule has 0 fully saturated rings. The molecule has 2 rings (SSSR count). The zero-order chi connectivity index (χ0) is 14.7. The van der Waals surface area contributed by atoms with Crippen molar-refractivity contribution in [1.82, 2.24) is 9.88 Å². The summed E-state index contributed by atoms with van der Waals surface area (Å²) in [4.78, 5) is 11.9. The number of rotatable bonds is 3. The monoisotopic (exact) mass is 267 g/mol. The van der Waals surface area contributed by atoms with Crippen LogP contribution in [-0.4, -0.2) is 16.5 Å². The van der Waals surface area contributed by atoms with Crippen molar-refractivity contribution in [2.45, 2.75) is 19.9 Å². The number of amides is 1. The molecular weight excluding hydrogens is 250 g/mol. The van der Waals surface area contributed by atoms with Crippen molar-refractivity contribution < 1.29 is 4.79 Å². The molecule has 0 aliphatic heterocycles. The van der Waals surface area contributed by atoms with Crippen LogP contribution >= 0.6 is 0 Å². The Bertz CT molecular complexity index is 717. The first-order chi connectivity index (χ1) is 9.52. The minimum atomic E-state index is -0.338. The highest BCUT2D eigenvalue weighted by Gasteiger charge is 2.12. The molecule has 102 valence electrons. The van der Waals surface area contributed by atoms with Gasteiger partial charge in [0, 0.05) is 35.8 Å². The van der Waals surface area contributed by atoms with Gasteiger partial charge in [-0.15, -0.1) is 0 Å². The maximum absolute atomic E-state index is 11.9. The van der Waals surface area contributed by atoms with Gasteiger partial charge < -0.3 is 9.88 Å². The van der Waals surface area contributed by atoms with E-state index in [1.807, 2.05) is 62.0 Å². The Hall–Kier alpha value is -2.54. The van der Waals surface area contributed by atoms with Crippen LogP contribution < -0.4 is 5.32 Å². The molecule has 0 spiro atoms. The van der Waals surface area contributed by atoms with Crippen molar-refractivity contribution in [2.24, 2.45) is 7.05 Å². The van der Waals surface area contributed by atoms with Crippen LogP contribution in [0.15, 0.2) is 36.0 Å². The fourth-order valence-electron chi connectivity index (χ4n) is 2.13. The maximum Gasteiger partial charge on any atom is 0.262 e. The lowest BCUT2D eigenvalue weighted by Crippen LogP contribution is -2.30. The number of aryl methyl sites for hydroxylation is 1. The lowest BCUT2D eigenvalue weighted by atomic mass is 10.1. The summed E-state index contributed by atoms with van der Waals surface area (Å²) >= 11 is 0. The number of nitrogens with zero attached hydrogens (tertiary/aromatic N) is 2. The van der Waals surface area contributed by atoms with Gasteiger partial charge in [-0.3, -0.25) is 4.79 Å². The Kier molecular flexibility index (Phi) is 3.90. The van der Waals surface area contributed by atoms with Crippen LogP contribution in [0.1, 0.15) is 19.4 Å². The highest BCUT2D eigenvalue weighted by molar-refractivity contribution is 6.04. The summed E-state index contributed by atoms with van der Waals surface area (Å²) in [5.41, 5.74) is 2.06. The number of hydrogen-bond donors (Lipinski definition) is 1. The minimum absolute atomic E-state index is 0.00627. The lowest BCUT2D eigenvalue weighted by molar-refractivity contribution is -0.117. The number of hydrogen-bond acceptors (Lipinski definition) is 2.